The van der Waals surface area contributed by atoms with Gasteiger partial charge in [-0.15, -0.1) is 11.3 Å². The normalized spacial score (nSPS) is 12.7. The van der Waals surface area contributed by atoms with E-state index in [0.29, 0.717) is 0 Å². The summed E-state index contributed by atoms with van der Waals surface area (Å²) in [5, 5.41) is 2.07. The lowest BCUT2D eigenvalue weighted by Gasteiger charge is -2.12. The van der Waals surface area contributed by atoms with Gasteiger partial charge in [0.25, 0.3) is 0 Å². The van der Waals surface area contributed by atoms with E-state index in [-0.39, 0.29) is 6.04 Å². The van der Waals surface area contributed by atoms with Gasteiger partial charge in [-0.25, -0.2) is 0 Å². The zero-order valence-electron chi connectivity index (χ0n) is 10.0. The van der Waals surface area contributed by atoms with Crippen molar-refractivity contribution in [2.75, 3.05) is 0 Å². The molecule has 0 amide bonds. The quantitative estimate of drug-likeness (QED) is 0.895. The Morgan fingerprint density at radius 3 is 2.59 bits per heavy atom. The van der Waals surface area contributed by atoms with Crippen molar-refractivity contribution in [3.63, 3.8) is 0 Å². The Balaban J connectivity index is 2.16. The Kier molecular flexibility index (Phi) is 4.02. The molecule has 0 aliphatic rings. The topological polar surface area (TPSA) is 26.0 Å². The van der Waals surface area contributed by atoms with Crippen molar-refractivity contribution in [3.05, 3.63) is 55.7 Å². The Hall–Kier alpha value is -0.640. The summed E-state index contributed by atoms with van der Waals surface area (Å²) in [6, 6.07) is 8.70. The van der Waals surface area contributed by atoms with Crippen LogP contribution in [0, 0.1) is 13.8 Å². The molecule has 1 heterocycles. The molecule has 0 saturated heterocycles. The maximum atomic E-state index is 6.24. The van der Waals surface area contributed by atoms with Gasteiger partial charge in [-0.3, -0.25) is 0 Å². The van der Waals surface area contributed by atoms with Gasteiger partial charge in [0.2, 0.25) is 0 Å². The van der Waals surface area contributed by atoms with Crippen molar-refractivity contribution in [1.29, 1.82) is 0 Å². The fourth-order valence-corrected chi connectivity index (χ4v) is 3.52. The maximum Gasteiger partial charge on any atom is 0.0442 e. The minimum absolute atomic E-state index is 0.0754. The second-order valence-electron chi connectivity index (χ2n) is 4.36. The van der Waals surface area contributed by atoms with Crippen LogP contribution in [0.3, 0.4) is 0 Å². The standard InChI is InChI=1S/C14H16BrNS/c1-9-3-4-11(7-10(9)2)8-13(16)14-12(15)5-6-17-14/h3-7,13H,8,16H2,1-2H3. The molecule has 0 spiro atoms. The largest absolute Gasteiger partial charge is 0.323 e. The smallest absolute Gasteiger partial charge is 0.0442 e. The van der Waals surface area contributed by atoms with Gasteiger partial charge in [-0.05, 0) is 64.3 Å². The molecule has 0 fully saturated rings. The minimum atomic E-state index is 0.0754. The molecule has 90 valence electrons. The first-order chi connectivity index (χ1) is 8.08. The summed E-state index contributed by atoms with van der Waals surface area (Å²) < 4.78 is 1.12. The van der Waals surface area contributed by atoms with Crippen LogP contribution in [0.4, 0.5) is 0 Å². The molecule has 2 N–H and O–H groups in total. The van der Waals surface area contributed by atoms with E-state index >= 15 is 0 Å². The highest BCUT2D eigenvalue weighted by Crippen LogP contribution is 2.29. The lowest BCUT2D eigenvalue weighted by molar-refractivity contribution is 0.733. The summed E-state index contributed by atoms with van der Waals surface area (Å²) in [7, 11) is 0. The van der Waals surface area contributed by atoms with Crippen molar-refractivity contribution in [3.8, 4) is 0 Å². The van der Waals surface area contributed by atoms with Crippen LogP contribution in [-0.4, -0.2) is 0 Å². The highest BCUT2D eigenvalue weighted by atomic mass is 79.9. The van der Waals surface area contributed by atoms with Crippen LogP contribution in [-0.2, 0) is 6.42 Å². The predicted molar refractivity (Wildman–Crippen MR) is 78.6 cm³/mol. The average Bonchev–Trinajstić information content (AvgIpc) is 2.70. The van der Waals surface area contributed by atoms with Gasteiger partial charge in [-0.1, -0.05) is 18.2 Å². The molecule has 2 rings (SSSR count). The number of hydrogen-bond donors (Lipinski definition) is 1. The van der Waals surface area contributed by atoms with E-state index in [1.165, 1.54) is 21.6 Å². The third-order valence-corrected chi connectivity index (χ3v) is 5.01. The van der Waals surface area contributed by atoms with Gasteiger partial charge in [0.1, 0.15) is 0 Å². The molecular formula is C14H16BrNS. The number of hydrogen-bond acceptors (Lipinski definition) is 2. The number of nitrogens with two attached hydrogens (primary N) is 1. The van der Waals surface area contributed by atoms with Crippen molar-refractivity contribution in [2.24, 2.45) is 5.73 Å². The first-order valence-corrected chi connectivity index (χ1v) is 7.30. The summed E-state index contributed by atoms with van der Waals surface area (Å²) >= 11 is 5.25. The van der Waals surface area contributed by atoms with E-state index in [1.807, 2.05) is 0 Å². The Bertz CT molecular complexity index is 519. The Labute approximate surface area is 115 Å². The highest BCUT2D eigenvalue weighted by molar-refractivity contribution is 9.10. The van der Waals surface area contributed by atoms with Gasteiger partial charge in [0.05, 0.1) is 0 Å². The molecule has 0 bridgehead atoms. The second-order valence-corrected chi connectivity index (χ2v) is 6.16. The number of rotatable bonds is 3. The van der Waals surface area contributed by atoms with E-state index in [2.05, 4.69) is 59.4 Å². The molecule has 1 aromatic heterocycles. The van der Waals surface area contributed by atoms with Crippen LogP contribution >= 0.6 is 27.3 Å². The van der Waals surface area contributed by atoms with Crippen molar-refractivity contribution >= 4 is 27.3 Å². The van der Waals surface area contributed by atoms with Crippen LogP contribution in [0.25, 0.3) is 0 Å². The molecule has 17 heavy (non-hydrogen) atoms. The number of halogens is 1. The third-order valence-electron chi connectivity index (χ3n) is 3.01. The average molecular weight is 310 g/mol. The lowest BCUT2D eigenvalue weighted by Crippen LogP contribution is -2.12. The van der Waals surface area contributed by atoms with Crippen LogP contribution in [0.2, 0.25) is 0 Å². The molecule has 0 saturated carbocycles. The fourth-order valence-electron chi connectivity index (χ4n) is 1.85. The first-order valence-electron chi connectivity index (χ1n) is 5.62. The van der Waals surface area contributed by atoms with E-state index in [9.17, 15) is 0 Å². The number of aryl methyl sites for hydroxylation is 2. The van der Waals surface area contributed by atoms with Crippen LogP contribution < -0.4 is 5.73 Å². The zero-order chi connectivity index (χ0) is 12.4. The lowest BCUT2D eigenvalue weighted by atomic mass is 10.0. The van der Waals surface area contributed by atoms with Crippen LogP contribution in [0.15, 0.2) is 34.1 Å². The third kappa shape index (κ3) is 2.97. The van der Waals surface area contributed by atoms with Gasteiger partial charge in [-0.2, -0.15) is 0 Å². The molecule has 0 aliphatic heterocycles. The maximum absolute atomic E-state index is 6.24. The summed E-state index contributed by atoms with van der Waals surface area (Å²) in [4.78, 5) is 1.23. The van der Waals surface area contributed by atoms with Crippen LogP contribution in [0.1, 0.15) is 27.6 Å². The molecular weight excluding hydrogens is 294 g/mol. The van der Waals surface area contributed by atoms with Crippen LogP contribution in [0.5, 0.6) is 0 Å². The first kappa shape index (κ1) is 12.8. The molecule has 1 atom stereocenters. The number of benzene rings is 1. The summed E-state index contributed by atoms with van der Waals surface area (Å²) in [5.74, 6) is 0. The molecule has 1 aromatic carbocycles. The molecule has 0 aliphatic carbocycles. The zero-order valence-corrected chi connectivity index (χ0v) is 12.4. The monoisotopic (exact) mass is 309 g/mol. The Morgan fingerprint density at radius 2 is 2.00 bits per heavy atom. The molecule has 1 nitrogen and oxygen atoms in total. The predicted octanol–water partition coefficient (Wildman–Crippen LogP) is 4.37. The minimum Gasteiger partial charge on any atom is -0.323 e. The van der Waals surface area contributed by atoms with E-state index in [4.69, 9.17) is 5.73 Å². The molecule has 2 aromatic rings. The van der Waals surface area contributed by atoms with Gasteiger partial charge < -0.3 is 5.73 Å². The van der Waals surface area contributed by atoms with Crippen molar-refractivity contribution in [1.82, 2.24) is 0 Å². The van der Waals surface area contributed by atoms with E-state index in [1.54, 1.807) is 11.3 Å². The molecule has 0 radical (unpaired) electrons. The summed E-state index contributed by atoms with van der Waals surface area (Å²) in [6.07, 6.45) is 0.889. The summed E-state index contributed by atoms with van der Waals surface area (Å²) in [5.41, 5.74) is 10.2. The fraction of sp³-hybridized carbons (Fsp3) is 0.286. The van der Waals surface area contributed by atoms with Crippen molar-refractivity contribution < 1.29 is 0 Å². The van der Waals surface area contributed by atoms with Gasteiger partial charge >= 0.3 is 0 Å². The van der Waals surface area contributed by atoms with Gasteiger partial charge in [0.15, 0.2) is 0 Å². The summed E-state index contributed by atoms with van der Waals surface area (Å²) in [6.45, 7) is 4.28. The van der Waals surface area contributed by atoms with Gasteiger partial charge in [0, 0.05) is 15.4 Å². The van der Waals surface area contributed by atoms with Crippen molar-refractivity contribution in [2.45, 2.75) is 26.3 Å². The SMILES string of the molecule is Cc1ccc(CC(N)c2sccc2Br)cc1C. The highest BCUT2D eigenvalue weighted by Gasteiger charge is 2.12. The second kappa shape index (κ2) is 5.34. The Morgan fingerprint density at radius 1 is 1.24 bits per heavy atom. The molecule has 1 unspecified atom stereocenters. The molecule has 3 heteroatoms. The van der Waals surface area contributed by atoms with E-state index in [0.717, 1.165) is 10.9 Å². The number of thiophene rings is 1. The van der Waals surface area contributed by atoms with E-state index < -0.39 is 0 Å².